The van der Waals surface area contributed by atoms with Crippen LogP contribution in [0.15, 0.2) is 53.4 Å². The molecule has 0 saturated carbocycles. The minimum absolute atomic E-state index is 0.138. The number of sulfonamides is 1. The second-order valence-electron chi connectivity index (χ2n) is 7.12. The monoisotopic (exact) mass is 418 g/mol. The van der Waals surface area contributed by atoms with Crippen molar-refractivity contribution < 1.29 is 23.1 Å². The molecule has 1 unspecified atom stereocenters. The van der Waals surface area contributed by atoms with Crippen LogP contribution in [0.25, 0.3) is 0 Å². The van der Waals surface area contributed by atoms with Gasteiger partial charge in [0.2, 0.25) is 0 Å². The van der Waals surface area contributed by atoms with E-state index in [0.717, 1.165) is 5.56 Å². The lowest BCUT2D eigenvalue weighted by atomic mass is 9.99. The number of nitrogens with zero attached hydrogens (tertiary/aromatic N) is 2. The summed E-state index contributed by atoms with van der Waals surface area (Å²) >= 11 is 0. The zero-order chi connectivity index (χ0) is 21.0. The van der Waals surface area contributed by atoms with Crippen LogP contribution in [-0.4, -0.2) is 58.2 Å². The molecule has 1 aliphatic rings. The van der Waals surface area contributed by atoms with E-state index in [2.05, 4.69) is 0 Å². The summed E-state index contributed by atoms with van der Waals surface area (Å²) in [4.78, 5) is 12.9. The van der Waals surface area contributed by atoms with Crippen LogP contribution in [0.1, 0.15) is 30.1 Å². The van der Waals surface area contributed by atoms with E-state index in [1.807, 2.05) is 36.2 Å². The molecule has 0 aliphatic carbocycles. The van der Waals surface area contributed by atoms with Gasteiger partial charge in [0.05, 0.1) is 17.2 Å². The highest BCUT2D eigenvalue weighted by atomic mass is 32.2. The summed E-state index contributed by atoms with van der Waals surface area (Å²) in [7, 11) is -0.204. The highest BCUT2D eigenvalue weighted by Crippen LogP contribution is 2.41. The number of fused-ring (bicyclic) bond motifs is 2. The Morgan fingerprint density at radius 3 is 2.48 bits per heavy atom. The number of carboxylic acid groups (broad SMARTS) is 1. The number of hydrogen-bond donors (Lipinski definition) is 1. The summed E-state index contributed by atoms with van der Waals surface area (Å²) in [5.41, 5.74) is 2.03. The first-order valence-corrected chi connectivity index (χ1v) is 10.9. The Hall–Kier alpha value is -2.42. The predicted octanol–water partition coefficient (Wildman–Crippen LogP) is 2.73. The molecule has 0 bridgehead atoms. The summed E-state index contributed by atoms with van der Waals surface area (Å²) in [5, 5.41) is 8.75. The van der Waals surface area contributed by atoms with Crippen LogP contribution in [0.5, 0.6) is 0 Å². The lowest BCUT2D eigenvalue weighted by molar-refractivity contribution is -0.137. The summed E-state index contributed by atoms with van der Waals surface area (Å²) < 4.78 is 33.7. The highest BCUT2D eigenvalue weighted by Gasteiger charge is 2.35. The van der Waals surface area contributed by atoms with Crippen molar-refractivity contribution in [1.29, 1.82) is 0 Å². The first-order valence-electron chi connectivity index (χ1n) is 9.51. The van der Waals surface area contributed by atoms with Gasteiger partial charge < -0.3 is 14.7 Å². The molecule has 1 N–H and O–H groups in total. The molecule has 8 heteroatoms. The number of aliphatic carboxylic acids is 1. The third-order valence-corrected chi connectivity index (χ3v) is 6.93. The first kappa shape index (κ1) is 21.3. The maximum absolute atomic E-state index is 13.1. The van der Waals surface area contributed by atoms with E-state index in [1.54, 1.807) is 31.3 Å². The maximum Gasteiger partial charge on any atom is 0.303 e. The summed E-state index contributed by atoms with van der Waals surface area (Å²) in [6.45, 7) is 1.66. The van der Waals surface area contributed by atoms with Crippen LogP contribution < -0.4 is 4.31 Å². The number of hydrogen-bond acceptors (Lipinski definition) is 5. The number of ether oxygens (including phenoxy) is 1. The van der Waals surface area contributed by atoms with Crippen molar-refractivity contribution >= 4 is 21.7 Å². The zero-order valence-corrected chi connectivity index (χ0v) is 17.4. The summed E-state index contributed by atoms with van der Waals surface area (Å²) in [5.74, 6) is -0.799. The molecular weight excluding hydrogens is 392 g/mol. The molecule has 0 radical (unpaired) electrons. The van der Waals surface area contributed by atoms with Crippen LogP contribution >= 0.6 is 0 Å². The molecule has 0 saturated heterocycles. The van der Waals surface area contributed by atoms with Gasteiger partial charge in [-0.25, -0.2) is 8.42 Å². The van der Waals surface area contributed by atoms with Crippen molar-refractivity contribution in [2.45, 2.75) is 23.8 Å². The smallest absolute Gasteiger partial charge is 0.303 e. The number of rotatable bonds is 8. The summed E-state index contributed by atoms with van der Waals surface area (Å²) in [6.07, 6.45) is 0.206. The van der Waals surface area contributed by atoms with Gasteiger partial charge in [0.25, 0.3) is 10.0 Å². The van der Waals surface area contributed by atoms with Crippen molar-refractivity contribution in [1.82, 2.24) is 4.90 Å². The van der Waals surface area contributed by atoms with Crippen LogP contribution in [-0.2, 0) is 19.6 Å². The minimum Gasteiger partial charge on any atom is -0.481 e. The Labute approximate surface area is 171 Å². The topological polar surface area (TPSA) is 87.2 Å². The van der Waals surface area contributed by atoms with Crippen molar-refractivity contribution in [3.05, 3.63) is 59.7 Å². The number of para-hydroxylation sites is 1. The molecule has 0 aromatic heterocycles. The number of carbonyl (C=O) groups is 1. The van der Waals surface area contributed by atoms with Crippen molar-refractivity contribution in [3.63, 3.8) is 0 Å². The molecule has 1 heterocycles. The van der Waals surface area contributed by atoms with Gasteiger partial charge in [-0.15, -0.1) is 0 Å². The fraction of sp³-hybridized carbons (Fsp3) is 0.381. The van der Waals surface area contributed by atoms with Gasteiger partial charge >= 0.3 is 5.97 Å². The minimum atomic E-state index is -3.68. The van der Waals surface area contributed by atoms with Crippen LogP contribution in [0.2, 0.25) is 0 Å². The second-order valence-corrected chi connectivity index (χ2v) is 9.06. The highest BCUT2D eigenvalue weighted by molar-refractivity contribution is 7.92. The van der Waals surface area contributed by atoms with Gasteiger partial charge in [-0.1, -0.05) is 36.4 Å². The third kappa shape index (κ3) is 4.60. The molecule has 0 fully saturated rings. The fourth-order valence-electron chi connectivity index (χ4n) is 3.49. The Morgan fingerprint density at radius 1 is 1.10 bits per heavy atom. The maximum atomic E-state index is 13.1. The zero-order valence-electron chi connectivity index (χ0n) is 16.6. The van der Waals surface area contributed by atoms with E-state index >= 15 is 0 Å². The molecule has 29 heavy (non-hydrogen) atoms. The summed E-state index contributed by atoms with van der Waals surface area (Å²) in [6, 6.07) is 14.3. The van der Waals surface area contributed by atoms with Crippen molar-refractivity contribution in [2.24, 2.45) is 0 Å². The molecule has 1 atom stereocenters. The van der Waals surface area contributed by atoms with Crippen molar-refractivity contribution in [3.8, 4) is 0 Å². The van der Waals surface area contributed by atoms with E-state index < -0.39 is 22.1 Å². The van der Waals surface area contributed by atoms with E-state index in [0.29, 0.717) is 37.4 Å². The average molecular weight is 419 g/mol. The lowest BCUT2D eigenvalue weighted by Gasteiger charge is -2.23. The molecule has 1 aliphatic heterocycles. The quantitative estimate of drug-likeness (QED) is 0.709. The van der Waals surface area contributed by atoms with Gasteiger partial charge in [0.1, 0.15) is 6.10 Å². The van der Waals surface area contributed by atoms with E-state index in [4.69, 9.17) is 9.84 Å². The predicted molar refractivity (Wildman–Crippen MR) is 111 cm³/mol. The molecule has 2 aromatic carbocycles. The fourth-order valence-corrected chi connectivity index (χ4v) is 4.93. The molecule has 2 aromatic rings. The standard InChI is InChI=1S/C21H26N2O5S/c1-22(13-7-12-20(24)25)14-15-28-21-16-8-3-5-10-18(16)23(2)29(26,27)19-11-6-4-9-17(19)21/h3-6,8-11,21H,7,12-15H2,1-2H3,(H,24,25). The largest absolute Gasteiger partial charge is 0.481 e. The van der Waals surface area contributed by atoms with Gasteiger partial charge in [-0.3, -0.25) is 9.10 Å². The van der Waals surface area contributed by atoms with Gasteiger partial charge in [-0.2, -0.15) is 0 Å². The van der Waals surface area contributed by atoms with Crippen molar-refractivity contribution in [2.75, 3.05) is 38.1 Å². The average Bonchev–Trinajstić information content (AvgIpc) is 2.76. The molecular formula is C21H26N2O5S. The molecule has 3 rings (SSSR count). The number of likely N-dealkylation sites (N-methyl/N-ethyl adjacent to an activating group) is 1. The first-order chi connectivity index (χ1) is 13.8. The normalized spacial score (nSPS) is 17.5. The van der Waals surface area contributed by atoms with Gasteiger partial charge in [-0.05, 0) is 32.1 Å². The second kappa shape index (κ2) is 8.94. The molecule has 0 amide bonds. The third-order valence-electron chi connectivity index (χ3n) is 5.09. The van der Waals surface area contributed by atoms with Gasteiger partial charge in [0.15, 0.2) is 0 Å². The molecule has 0 spiro atoms. The molecule has 7 nitrogen and oxygen atoms in total. The Bertz CT molecular complexity index is 977. The van der Waals surface area contributed by atoms with E-state index in [1.165, 1.54) is 4.31 Å². The van der Waals surface area contributed by atoms with Crippen LogP contribution in [0.3, 0.4) is 0 Å². The molecule has 156 valence electrons. The Morgan fingerprint density at radius 2 is 1.76 bits per heavy atom. The number of carboxylic acids is 1. The van der Waals surface area contributed by atoms with Crippen LogP contribution in [0, 0.1) is 0 Å². The Balaban J connectivity index is 1.83. The SMILES string of the molecule is CN(CCCC(=O)O)CCOC1c2ccccc2N(C)S(=O)(=O)c2ccccc21. The van der Waals surface area contributed by atoms with E-state index in [-0.39, 0.29) is 11.3 Å². The number of benzene rings is 2. The lowest BCUT2D eigenvalue weighted by Crippen LogP contribution is -2.26. The van der Waals surface area contributed by atoms with Gasteiger partial charge in [0, 0.05) is 31.1 Å². The Kier molecular flexibility index (Phi) is 6.56. The van der Waals surface area contributed by atoms with Crippen LogP contribution in [0.4, 0.5) is 5.69 Å². The number of anilines is 1. The van der Waals surface area contributed by atoms with E-state index in [9.17, 15) is 13.2 Å².